The van der Waals surface area contributed by atoms with Crippen molar-refractivity contribution < 1.29 is 15.0 Å². The van der Waals surface area contributed by atoms with Gasteiger partial charge in [-0.2, -0.15) is 0 Å². The van der Waals surface area contributed by atoms with Crippen molar-refractivity contribution >= 4 is 29.1 Å². The molecule has 174 valence electrons. The Kier molecular flexibility index (Phi) is 8.20. The average molecular weight is 480 g/mol. The normalized spacial score (nSPS) is 26.3. The molecule has 1 aliphatic rings. The Hall–Kier alpha value is -1.67. The zero-order valence-corrected chi connectivity index (χ0v) is 19.8. The molecule has 0 bridgehead atoms. The van der Waals surface area contributed by atoms with Crippen molar-refractivity contribution in [2.75, 3.05) is 13.2 Å². The van der Waals surface area contributed by atoms with E-state index in [9.17, 15) is 9.90 Å². The maximum absolute atomic E-state index is 13.3. The van der Waals surface area contributed by atoms with Crippen molar-refractivity contribution in [1.82, 2.24) is 10.6 Å². The standard InChI is InChI=1S/C24H31Cl2N3O3/c1-14(2)22-24(27,16-6-8-17(25)9-7-16)20(15-4-3-5-18(26)12-15)21(29-22)23(32)28-11-10-19(31)13-30/h3-9,12,14,19-22,29-31H,10-11,13,27H2,1-2H3,(H,28,32). The van der Waals surface area contributed by atoms with Crippen LogP contribution in [-0.4, -0.2) is 47.5 Å². The predicted molar refractivity (Wildman–Crippen MR) is 128 cm³/mol. The Balaban J connectivity index is 2.04. The number of carbonyl (C=O) groups excluding carboxylic acids is 1. The Bertz CT molecular complexity index is 925. The number of benzene rings is 2. The second-order valence-corrected chi connectivity index (χ2v) is 9.63. The molecule has 2 aromatic rings. The first-order chi connectivity index (χ1) is 15.2. The maximum Gasteiger partial charge on any atom is 0.237 e. The molecule has 3 rings (SSSR count). The molecule has 1 aliphatic heterocycles. The molecule has 2 aromatic carbocycles. The summed E-state index contributed by atoms with van der Waals surface area (Å²) in [6.45, 7) is 4.04. The number of carbonyl (C=O) groups is 1. The first-order valence-corrected chi connectivity index (χ1v) is 11.6. The molecule has 0 aromatic heterocycles. The third kappa shape index (κ3) is 5.11. The molecule has 5 atom stereocenters. The smallest absolute Gasteiger partial charge is 0.237 e. The first kappa shape index (κ1) is 25.0. The van der Waals surface area contributed by atoms with Crippen LogP contribution in [0.5, 0.6) is 0 Å². The van der Waals surface area contributed by atoms with Gasteiger partial charge in [0.05, 0.1) is 24.3 Å². The van der Waals surface area contributed by atoms with Crippen LogP contribution >= 0.6 is 23.2 Å². The molecule has 32 heavy (non-hydrogen) atoms. The number of hydrogen-bond donors (Lipinski definition) is 5. The van der Waals surface area contributed by atoms with Gasteiger partial charge < -0.3 is 26.6 Å². The lowest BCUT2D eigenvalue weighted by Gasteiger charge is -2.39. The minimum atomic E-state index is -0.907. The summed E-state index contributed by atoms with van der Waals surface area (Å²) in [4.78, 5) is 13.3. The Morgan fingerprint density at radius 1 is 1.19 bits per heavy atom. The number of halogens is 2. The molecule has 0 aliphatic carbocycles. The van der Waals surface area contributed by atoms with Crippen molar-refractivity contribution in [3.63, 3.8) is 0 Å². The lowest BCUT2D eigenvalue weighted by molar-refractivity contribution is -0.123. The van der Waals surface area contributed by atoms with E-state index in [-0.39, 0.29) is 37.4 Å². The molecule has 1 saturated heterocycles. The van der Waals surface area contributed by atoms with Crippen molar-refractivity contribution in [2.24, 2.45) is 11.7 Å². The SMILES string of the molecule is CC(C)C1NC(C(=O)NCCC(O)CO)C(c2cccc(Cl)c2)C1(N)c1ccc(Cl)cc1. The van der Waals surface area contributed by atoms with E-state index in [1.165, 1.54) is 0 Å². The molecule has 1 fully saturated rings. The summed E-state index contributed by atoms with van der Waals surface area (Å²) in [5.41, 5.74) is 8.06. The third-order valence-electron chi connectivity index (χ3n) is 6.21. The Morgan fingerprint density at radius 2 is 1.88 bits per heavy atom. The zero-order valence-electron chi connectivity index (χ0n) is 18.3. The largest absolute Gasteiger partial charge is 0.394 e. The predicted octanol–water partition coefficient (Wildman–Crippen LogP) is 2.79. The number of rotatable bonds is 8. The number of amides is 1. The number of nitrogens with two attached hydrogens (primary N) is 1. The number of nitrogens with one attached hydrogen (secondary N) is 2. The molecular weight excluding hydrogens is 449 g/mol. The minimum absolute atomic E-state index is 0.131. The summed E-state index contributed by atoms with van der Waals surface area (Å²) in [6.07, 6.45) is -0.614. The van der Waals surface area contributed by atoms with Crippen LogP contribution < -0.4 is 16.4 Å². The van der Waals surface area contributed by atoms with Crippen LogP contribution in [0.15, 0.2) is 48.5 Å². The summed E-state index contributed by atoms with van der Waals surface area (Å²) >= 11 is 12.4. The Labute approximate surface area is 199 Å². The third-order valence-corrected chi connectivity index (χ3v) is 6.70. The van der Waals surface area contributed by atoms with E-state index in [1.807, 2.05) is 42.5 Å². The van der Waals surface area contributed by atoms with Gasteiger partial charge in [-0.25, -0.2) is 0 Å². The maximum atomic E-state index is 13.3. The zero-order chi connectivity index (χ0) is 23.5. The first-order valence-electron chi connectivity index (χ1n) is 10.8. The summed E-state index contributed by atoms with van der Waals surface area (Å²) in [5.74, 6) is -0.490. The molecule has 1 amide bonds. The van der Waals surface area contributed by atoms with Crippen LogP contribution in [0.3, 0.4) is 0 Å². The second kappa shape index (κ2) is 10.5. The monoisotopic (exact) mass is 479 g/mol. The van der Waals surface area contributed by atoms with E-state index in [2.05, 4.69) is 24.5 Å². The highest BCUT2D eigenvalue weighted by Gasteiger charge is 2.57. The topological polar surface area (TPSA) is 108 Å². The van der Waals surface area contributed by atoms with Gasteiger partial charge in [0, 0.05) is 28.5 Å². The van der Waals surface area contributed by atoms with E-state index in [1.54, 1.807) is 6.07 Å². The highest BCUT2D eigenvalue weighted by Crippen LogP contribution is 2.47. The quantitative estimate of drug-likeness (QED) is 0.400. The molecular formula is C24H31Cl2N3O3. The lowest BCUT2D eigenvalue weighted by Crippen LogP contribution is -2.52. The van der Waals surface area contributed by atoms with E-state index in [4.69, 9.17) is 34.0 Å². The number of aliphatic hydroxyl groups excluding tert-OH is 2. The highest BCUT2D eigenvalue weighted by molar-refractivity contribution is 6.30. The van der Waals surface area contributed by atoms with Crippen LogP contribution in [0.2, 0.25) is 10.0 Å². The summed E-state index contributed by atoms with van der Waals surface area (Å²) in [5, 5.41) is 26.2. The van der Waals surface area contributed by atoms with Crippen LogP contribution in [-0.2, 0) is 10.3 Å². The van der Waals surface area contributed by atoms with Crippen molar-refractivity contribution in [1.29, 1.82) is 0 Å². The fourth-order valence-corrected chi connectivity index (χ4v) is 5.02. The second-order valence-electron chi connectivity index (χ2n) is 8.75. The van der Waals surface area contributed by atoms with Crippen molar-refractivity contribution in [3.05, 3.63) is 69.7 Å². The fraction of sp³-hybridized carbons (Fsp3) is 0.458. The lowest BCUT2D eigenvalue weighted by atomic mass is 9.69. The Morgan fingerprint density at radius 3 is 2.47 bits per heavy atom. The van der Waals surface area contributed by atoms with Gasteiger partial charge in [-0.3, -0.25) is 4.79 Å². The van der Waals surface area contributed by atoms with Gasteiger partial charge in [-0.15, -0.1) is 0 Å². The van der Waals surface area contributed by atoms with Crippen LogP contribution in [0.4, 0.5) is 0 Å². The van der Waals surface area contributed by atoms with Crippen molar-refractivity contribution in [3.8, 4) is 0 Å². The number of hydrogen-bond acceptors (Lipinski definition) is 5. The summed E-state index contributed by atoms with van der Waals surface area (Å²) in [7, 11) is 0. The molecule has 1 heterocycles. The molecule has 8 heteroatoms. The van der Waals surface area contributed by atoms with Gasteiger partial charge in [0.25, 0.3) is 0 Å². The minimum Gasteiger partial charge on any atom is -0.394 e. The van der Waals surface area contributed by atoms with Gasteiger partial charge in [-0.05, 0) is 47.7 Å². The van der Waals surface area contributed by atoms with E-state index < -0.39 is 23.6 Å². The molecule has 0 saturated carbocycles. The highest BCUT2D eigenvalue weighted by atomic mass is 35.5. The van der Waals surface area contributed by atoms with Crippen molar-refractivity contribution in [2.45, 2.75) is 49.9 Å². The summed E-state index contributed by atoms with van der Waals surface area (Å²) < 4.78 is 0. The van der Waals surface area contributed by atoms with E-state index in [0.29, 0.717) is 10.0 Å². The van der Waals surface area contributed by atoms with E-state index in [0.717, 1.165) is 11.1 Å². The van der Waals surface area contributed by atoms with Gasteiger partial charge >= 0.3 is 0 Å². The molecule has 6 N–H and O–H groups in total. The molecule has 5 unspecified atom stereocenters. The van der Waals surface area contributed by atoms with Gasteiger partial charge in [0.1, 0.15) is 0 Å². The molecule has 6 nitrogen and oxygen atoms in total. The number of aliphatic hydroxyl groups is 2. The average Bonchev–Trinajstić information content (AvgIpc) is 3.08. The van der Waals surface area contributed by atoms with Gasteiger partial charge in [0.2, 0.25) is 5.91 Å². The molecule has 0 radical (unpaired) electrons. The van der Waals surface area contributed by atoms with Gasteiger partial charge in [0.15, 0.2) is 0 Å². The van der Waals surface area contributed by atoms with Gasteiger partial charge in [-0.1, -0.05) is 61.3 Å². The van der Waals surface area contributed by atoms with Crippen LogP contribution in [0.25, 0.3) is 0 Å². The van der Waals surface area contributed by atoms with E-state index >= 15 is 0 Å². The summed E-state index contributed by atoms with van der Waals surface area (Å²) in [6, 6.07) is 14.1. The fourth-order valence-electron chi connectivity index (χ4n) is 4.70. The van der Waals surface area contributed by atoms with Crippen LogP contribution in [0, 0.1) is 5.92 Å². The van der Waals surface area contributed by atoms with Crippen LogP contribution in [0.1, 0.15) is 37.3 Å². The molecule has 0 spiro atoms.